The molecule has 0 saturated carbocycles. The minimum atomic E-state index is -0.0742. The Morgan fingerprint density at radius 3 is 1.47 bits per heavy atom. The number of nitrogens with zero attached hydrogens (tertiary/aromatic N) is 4. The predicted octanol–water partition coefficient (Wildman–Crippen LogP) is 15.5. The van der Waals surface area contributed by atoms with Gasteiger partial charge in [-0.1, -0.05) is 164 Å². The van der Waals surface area contributed by atoms with Gasteiger partial charge >= 0.3 is 0 Å². The zero-order valence-electron chi connectivity index (χ0n) is 35.9. The van der Waals surface area contributed by atoms with Gasteiger partial charge in [-0.3, -0.25) is 0 Å². The Hall–Kier alpha value is -8.96. The molecule has 0 bridgehead atoms. The fourth-order valence-electron chi connectivity index (χ4n) is 10.3. The van der Waals surface area contributed by atoms with Crippen molar-refractivity contribution in [2.45, 2.75) is 12.0 Å². The highest BCUT2D eigenvalue weighted by Crippen LogP contribution is 2.53. The van der Waals surface area contributed by atoms with Gasteiger partial charge in [-0.05, 0) is 117 Å². The van der Waals surface area contributed by atoms with Crippen LogP contribution in [0.25, 0.3) is 77.6 Å². The third-order valence-electron chi connectivity index (χ3n) is 13.4. The Morgan fingerprint density at radius 1 is 0.394 bits per heavy atom. The average molecular weight is 841 g/mol. The maximum Gasteiger partial charge on any atom is 0.0992 e. The van der Waals surface area contributed by atoms with Crippen LogP contribution < -0.4 is 4.90 Å². The number of hydrogen-bond donors (Lipinski definition) is 0. The highest BCUT2D eigenvalue weighted by molar-refractivity contribution is 6.12. The lowest BCUT2D eigenvalue weighted by Gasteiger charge is -2.32. The van der Waals surface area contributed by atoms with E-state index in [4.69, 9.17) is 0 Å². The molecular formula is C62H40N4. The van der Waals surface area contributed by atoms with Crippen molar-refractivity contribution in [3.05, 3.63) is 253 Å². The van der Waals surface area contributed by atoms with E-state index in [1.807, 2.05) is 24.3 Å². The summed E-state index contributed by atoms with van der Waals surface area (Å²) in [6.07, 6.45) is 6.98. The van der Waals surface area contributed by atoms with Crippen molar-refractivity contribution in [2.75, 3.05) is 4.90 Å². The van der Waals surface area contributed by atoms with E-state index in [0.29, 0.717) is 11.1 Å². The number of allylic oxidation sites excluding steroid dienone is 2. The average Bonchev–Trinajstić information content (AvgIpc) is 3.90. The number of hydrogen-bond acceptors (Lipinski definition) is 3. The molecule has 12 rings (SSSR count). The molecule has 0 amide bonds. The van der Waals surface area contributed by atoms with E-state index in [9.17, 15) is 10.5 Å². The van der Waals surface area contributed by atoms with Crippen LogP contribution >= 0.6 is 0 Å². The van der Waals surface area contributed by atoms with Gasteiger partial charge in [0, 0.05) is 33.5 Å². The summed E-state index contributed by atoms with van der Waals surface area (Å²) in [6.45, 7) is 0. The second-order valence-electron chi connectivity index (χ2n) is 17.1. The number of rotatable bonds is 7. The molecule has 2 atom stereocenters. The SMILES string of the molecule is N#Cc1ccc(-n2c3ccc(-c4ccccc4)cc3c3cc(-c4ccccc4)ccc32)c(-c2ccc(C#N)cc2N2c3ccc(-c4ccccc4)cc3C3C=C(c4ccccc4)C=CC32)c1. The first-order chi connectivity index (χ1) is 32.6. The minimum absolute atomic E-state index is 0.0299. The normalized spacial score (nSPS) is 14.9. The molecule has 66 heavy (non-hydrogen) atoms. The largest absolute Gasteiger partial charge is 0.333 e. The van der Waals surface area contributed by atoms with Gasteiger partial charge < -0.3 is 9.47 Å². The molecule has 0 fully saturated rings. The summed E-state index contributed by atoms with van der Waals surface area (Å²) in [4.78, 5) is 2.42. The van der Waals surface area contributed by atoms with E-state index in [0.717, 1.165) is 83.4 Å². The summed E-state index contributed by atoms with van der Waals surface area (Å²) in [7, 11) is 0. The lowest BCUT2D eigenvalue weighted by atomic mass is 9.85. The lowest BCUT2D eigenvalue weighted by Crippen LogP contribution is -2.29. The first-order valence-electron chi connectivity index (χ1n) is 22.4. The van der Waals surface area contributed by atoms with E-state index in [1.54, 1.807) is 0 Å². The van der Waals surface area contributed by atoms with E-state index in [2.05, 4.69) is 228 Å². The van der Waals surface area contributed by atoms with Crippen molar-refractivity contribution >= 4 is 38.8 Å². The van der Waals surface area contributed by atoms with Gasteiger partial charge in [0.1, 0.15) is 0 Å². The third kappa shape index (κ3) is 6.52. The van der Waals surface area contributed by atoms with Crippen LogP contribution in [0.15, 0.2) is 231 Å². The quantitative estimate of drug-likeness (QED) is 0.161. The Morgan fingerprint density at radius 2 is 0.894 bits per heavy atom. The van der Waals surface area contributed by atoms with Crippen molar-refractivity contribution in [3.63, 3.8) is 0 Å². The van der Waals surface area contributed by atoms with Crippen molar-refractivity contribution in [2.24, 2.45) is 0 Å². The van der Waals surface area contributed by atoms with Crippen molar-refractivity contribution in [1.82, 2.24) is 4.57 Å². The van der Waals surface area contributed by atoms with Gasteiger partial charge in [0.05, 0.1) is 51.7 Å². The van der Waals surface area contributed by atoms with Crippen LogP contribution in [0.1, 0.15) is 28.2 Å². The fourth-order valence-corrected chi connectivity index (χ4v) is 10.3. The molecular weight excluding hydrogens is 801 g/mol. The lowest BCUT2D eigenvalue weighted by molar-refractivity contribution is 0.747. The van der Waals surface area contributed by atoms with Crippen molar-refractivity contribution < 1.29 is 0 Å². The fraction of sp³-hybridized carbons (Fsp3) is 0.0323. The number of aromatic nitrogens is 1. The molecule has 4 nitrogen and oxygen atoms in total. The monoisotopic (exact) mass is 840 g/mol. The summed E-state index contributed by atoms with van der Waals surface area (Å²) < 4.78 is 2.36. The zero-order valence-corrected chi connectivity index (χ0v) is 35.9. The molecule has 9 aromatic carbocycles. The van der Waals surface area contributed by atoms with Gasteiger partial charge in [0.15, 0.2) is 0 Å². The van der Waals surface area contributed by atoms with E-state index in [-0.39, 0.29) is 12.0 Å². The first-order valence-corrected chi connectivity index (χ1v) is 22.4. The number of nitriles is 2. The van der Waals surface area contributed by atoms with Crippen molar-refractivity contribution in [3.8, 4) is 62.3 Å². The molecule has 0 spiro atoms. The second kappa shape index (κ2) is 16.0. The predicted molar refractivity (Wildman–Crippen MR) is 271 cm³/mol. The van der Waals surface area contributed by atoms with Crippen LogP contribution in [0, 0.1) is 22.7 Å². The maximum atomic E-state index is 10.5. The molecule has 0 radical (unpaired) electrons. The molecule has 10 aromatic rings. The molecule has 4 heteroatoms. The van der Waals surface area contributed by atoms with Crippen LogP contribution in [0.4, 0.5) is 11.4 Å². The number of benzene rings is 9. The van der Waals surface area contributed by atoms with Crippen LogP contribution in [-0.2, 0) is 0 Å². The highest BCUT2D eigenvalue weighted by atomic mass is 15.2. The Bertz CT molecular complexity index is 3570. The number of fused-ring (bicyclic) bond motifs is 6. The summed E-state index contributed by atoms with van der Waals surface area (Å²) in [6, 6.07) is 79.4. The Labute approximate surface area is 384 Å². The van der Waals surface area contributed by atoms with Gasteiger partial charge in [0.2, 0.25) is 0 Å². The van der Waals surface area contributed by atoms with Crippen LogP contribution in [0.5, 0.6) is 0 Å². The zero-order chi connectivity index (χ0) is 44.1. The molecule has 1 aliphatic heterocycles. The molecule has 308 valence electrons. The van der Waals surface area contributed by atoms with Gasteiger partial charge in [-0.2, -0.15) is 10.5 Å². The Balaban J connectivity index is 1.09. The van der Waals surface area contributed by atoms with Crippen molar-refractivity contribution in [1.29, 1.82) is 10.5 Å². The van der Waals surface area contributed by atoms with Crippen LogP contribution in [-0.4, -0.2) is 10.6 Å². The molecule has 0 saturated heterocycles. The second-order valence-corrected chi connectivity index (χ2v) is 17.1. The van der Waals surface area contributed by atoms with Crippen LogP contribution in [0.3, 0.4) is 0 Å². The summed E-state index contributed by atoms with van der Waals surface area (Å²) >= 11 is 0. The van der Waals surface area contributed by atoms with Gasteiger partial charge in [-0.25, -0.2) is 0 Å². The van der Waals surface area contributed by atoms with E-state index in [1.165, 1.54) is 16.7 Å². The molecule has 1 aromatic heterocycles. The molecule has 2 aliphatic rings. The summed E-state index contributed by atoms with van der Waals surface area (Å²) in [5.74, 6) is 0.0299. The highest BCUT2D eigenvalue weighted by Gasteiger charge is 2.40. The third-order valence-corrected chi connectivity index (χ3v) is 13.4. The van der Waals surface area contributed by atoms with E-state index < -0.39 is 0 Å². The maximum absolute atomic E-state index is 10.5. The molecule has 2 heterocycles. The van der Waals surface area contributed by atoms with Gasteiger partial charge in [-0.15, -0.1) is 0 Å². The minimum Gasteiger partial charge on any atom is -0.333 e. The molecule has 1 aliphatic carbocycles. The van der Waals surface area contributed by atoms with E-state index >= 15 is 0 Å². The molecule has 0 N–H and O–H groups in total. The van der Waals surface area contributed by atoms with Crippen LogP contribution in [0.2, 0.25) is 0 Å². The smallest absolute Gasteiger partial charge is 0.0992 e. The Kier molecular flexibility index (Phi) is 9.37. The van der Waals surface area contributed by atoms with Gasteiger partial charge in [0.25, 0.3) is 0 Å². The number of anilines is 2. The standard InChI is InChI=1S/C62H40N4/c63-39-41-22-28-57(65-58-29-23-47(43-13-5-1-6-14-43)35-53(58)54-36-48(24-30-59(54)65)44-15-7-2-8-16-44)52(33-41)51-27-21-42(40-64)34-62(51)66-60-31-25-49(45-17-9-3-10-18-45)37-55(60)56-38-50(26-32-61(56)66)46-19-11-4-12-20-46/h1-38,55,60H. The topological polar surface area (TPSA) is 55.8 Å². The molecule has 2 unspecified atom stereocenters. The first kappa shape index (κ1) is 38.7. The summed E-state index contributed by atoms with van der Waals surface area (Å²) in [5.41, 5.74) is 18.5. The summed E-state index contributed by atoms with van der Waals surface area (Å²) in [5, 5.41) is 23.3.